The fraction of sp³-hybridized carbons (Fsp3) is 0.400. The number of ether oxygens (including phenoxy) is 1. The van der Waals surface area contributed by atoms with Crippen molar-refractivity contribution in [2.24, 2.45) is 7.05 Å². The highest BCUT2D eigenvalue weighted by molar-refractivity contribution is 5.98. The Morgan fingerprint density at radius 2 is 1.94 bits per heavy atom. The van der Waals surface area contributed by atoms with Gasteiger partial charge < -0.3 is 14.4 Å². The van der Waals surface area contributed by atoms with E-state index in [1.807, 2.05) is 0 Å². The summed E-state index contributed by atoms with van der Waals surface area (Å²) in [7, 11) is 1.53. The SMILES string of the molecule is CCOC(=O)c1c(O)c2ncc(Cc3ccc(F)cc3CN3CCCCC3)cc2n(C)c1=O. The number of benzene rings is 1. The lowest BCUT2D eigenvalue weighted by Crippen LogP contribution is -2.29. The van der Waals surface area contributed by atoms with E-state index >= 15 is 0 Å². The van der Waals surface area contributed by atoms with Crippen LogP contribution < -0.4 is 5.56 Å². The van der Waals surface area contributed by atoms with Gasteiger partial charge in [0.15, 0.2) is 11.3 Å². The first kappa shape index (κ1) is 22.9. The number of carbonyl (C=O) groups is 1. The molecule has 7 nitrogen and oxygen atoms in total. The second-order valence-corrected chi connectivity index (χ2v) is 8.45. The summed E-state index contributed by atoms with van der Waals surface area (Å²) in [5, 5.41) is 10.6. The topological polar surface area (TPSA) is 84.7 Å². The van der Waals surface area contributed by atoms with Crippen LogP contribution in [0.25, 0.3) is 11.0 Å². The Hall–Kier alpha value is -3.26. The molecule has 0 radical (unpaired) electrons. The highest BCUT2D eigenvalue weighted by Crippen LogP contribution is 2.27. The molecule has 1 aliphatic rings. The van der Waals surface area contributed by atoms with Crippen LogP contribution in [0.3, 0.4) is 0 Å². The van der Waals surface area contributed by atoms with Gasteiger partial charge in [0.1, 0.15) is 11.3 Å². The molecule has 2 aromatic heterocycles. The molecule has 0 bridgehead atoms. The number of esters is 1. The van der Waals surface area contributed by atoms with E-state index < -0.39 is 22.8 Å². The van der Waals surface area contributed by atoms with Gasteiger partial charge in [-0.15, -0.1) is 0 Å². The first-order chi connectivity index (χ1) is 15.9. The van der Waals surface area contributed by atoms with Crippen molar-refractivity contribution in [3.8, 4) is 5.75 Å². The fourth-order valence-electron chi connectivity index (χ4n) is 4.41. The molecule has 3 heterocycles. The molecular formula is C25H28FN3O4. The molecule has 0 aliphatic carbocycles. The number of aromatic nitrogens is 2. The Balaban J connectivity index is 1.69. The van der Waals surface area contributed by atoms with Crippen molar-refractivity contribution in [3.05, 3.63) is 68.9 Å². The monoisotopic (exact) mass is 453 g/mol. The van der Waals surface area contributed by atoms with Gasteiger partial charge in [0.05, 0.1) is 12.1 Å². The number of aryl methyl sites for hydroxylation is 1. The van der Waals surface area contributed by atoms with Gasteiger partial charge >= 0.3 is 5.97 Å². The largest absolute Gasteiger partial charge is 0.505 e. The van der Waals surface area contributed by atoms with Gasteiger partial charge in [-0.2, -0.15) is 0 Å². The molecule has 4 rings (SSSR count). The maximum absolute atomic E-state index is 14.0. The van der Waals surface area contributed by atoms with Crippen molar-refractivity contribution < 1.29 is 19.0 Å². The summed E-state index contributed by atoms with van der Waals surface area (Å²) in [4.78, 5) is 31.6. The van der Waals surface area contributed by atoms with Crippen molar-refractivity contribution in [2.45, 2.75) is 39.2 Å². The van der Waals surface area contributed by atoms with E-state index in [0.717, 1.165) is 42.6 Å². The highest BCUT2D eigenvalue weighted by atomic mass is 19.1. The third kappa shape index (κ3) is 4.75. The number of hydrogen-bond donors (Lipinski definition) is 1. The molecule has 1 saturated heterocycles. The van der Waals surface area contributed by atoms with E-state index in [9.17, 15) is 19.1 Å². The van der Waals surface area contributed by atoms with Gasteiger partial charge in [-0.05, 0) is 74.2 Å². The lowest BCUT2D eigenvalue weighted by molar-refractivity contribution is 0.0520. The Morgan fingerprint density at radius 1 is 1.18 bits per heavy atom. The third-order valence-electron chi connectivity index (χ3n) is 6.15. The quantitative estimate of drug-likeness (QED) is 0.575. The van der Waals surface area contributed by atoms with Crippen molar-refractivity contribution in [1.82, 2.24) is 14.5 Å². The smallest absolute Gasteiger partial charge is 0.347 e. The average Bonchev–Trinajstić information content (AvgIpc) is 2.80. The normalized spacial score (nSPS) is 14.5. The van der Waals surface area contributed by atoms with Crippen LogP contribution in [0.1, 0.15) is 53.2 Å². The van der Waals surface area contributed by atoms with E-state index in [-0.39, 0.29) is 17.9 Å². The predicted molar refractivity (Wildman–Crippen MR) is 123 cm³/mol. The second-order valence-electron chi connectivity index (χ2n) is 8.45. The van der Waals surface area contributed by atoms with Crippen LogP contribution in [0.4, 0.5) is 4.39 Å². The molecule has 174 valence electrons. The Labute approximate surface area is 191 Å². The molecule has 0 spiro atoms. The first-order valence-corrected chi connectivity index (χ1v) is 11.3. The molecule has 0 unspecified atom stereocenters. The van der Waals surface area contributed by atoms with Crippen molar-refractivity contribution in [1.29, 1.82) is 0 Å². The molecule has 33 heavy (non-hydrogen) atoms. The van der Waals surface area contributed by atoms with E-state index in [2.05, 4.69) is 9.88 Å². The van der Waals surface area contributed by atoms with E-state index in [1.165, 1.54) is 24.1 Å². The lowest BCUT2D eigenvalue weighted by Gasteiger charge is -2.27. The summed E-state index contributed by atoms with van der Waals surface area (Å²) >= 11 is 0. The van der Waals surface area contributed by atoms with Crippen LogP contribution in [-0.4, -0.2) is 45.2 Å². The van der Waals surface area contributed by atoms with Crippen molar-refractivity contribution >= 4 is 17.0 Å². The van der Waals surface area contributed by atoms with E-state index in [1.54, 1.807) is 31.3 Å². The maximum Gasteiger partial charge on any atom is 0.347 e. The van der Waals surface area contributed by atoms with Crippen LogP contribution in [0.2, 0.25) is 0 Å². The zero-order valence-electron chi connectivity index (χ0n) is 18.9. The van der Waals surface area contributed by atoms with Crippen LogP contribution in [-0.2, 0) is 24.8 Å². The van der Waals surface area contributed by atoms with Crippen LogP contribution >= 0.6 is 0 Å². The van der Waals surface area contributed by atoms with Gasteiger partial charge in [0.2, 0.25) is 0 Å². The number of aromatic hydroxyl groups is 1. The summed E-state index contributed by atoms with van der Waals surface area (Å²) in [6.07, 6.45) is 5.66. The Kier molecular flexibility index (Phi) is 6.74. The maximum atomic E-state index is 14.0. The number of nitrogens with zero attached hydrogens (tertiary/aromatic N) is 3. The van der Waals surface area contributed by atoms with Gasteiger partial charge in [0.25, 0.3) is 5.56 Å². The zero-order valence-corrected chi connectivity index (χ0v) is 18.9. The van der Waals surface area contributed by atoms with E-state index in [4.69, 9.17) is 4.74 Å². The molecule has 0 saturated carbocycles. The molecule has 1 fully saturated rings. The van der Waals surface area contributed by atoms with Crippen molar-refractivity contribution in [2.75, 3.05) is 19.7 Å². The average molecular weight is 454 g/mol. The minimum absolute atomic E-state index is 0.0866. The van der Waals surface area contributed by atoms with Crippen LogP contribution in [0.15, 0.2) is 35.3 Å². The second kappa shape index (κ2) is 9.70. The van der Waals surface area contributed by atoms with E-state index in [0.29, 0.717) is 18.5 Å². The summed E-state index contributed by atoms with van der Waals surface area (Å²) in [6, 6.07) is 6.61. The molecule has 8 heteroatoms. The number of carbonyl (C=O) groups excluding carboxylic acids is 1. The third-order valence-corrected chi connectivity index (χ3v) is 6.15. The van der Waals surface area contributed by atoms with Gasteiger partial charge in [0, 0.05) is 19.8 Å². The van der Waals surface area contributed by atoms with Gasteiger partial charge in [-0.3, -0.25) is 14.7 Å². The zero-order chi connectivity index (χ0) is 23.5. The summed E-state index contributed by atoms with van der Waals surface area (Å²) in [6.45, 7) is 4.43. The van der Waals surface area contributed by atoms with Gasteiger partial charge in [-0.25, -0.2) is 9.18 Å². The number of rotatable bonds is 6. The molecule has 3 aromatic rings. The summed E-state index contributed by atoms with van der Waals surface area (Å²) in [5.74, 6) is -1.62. The number of halogens is 1. The first-order valence-electron chi connectivity index (χ1n) is 11.3. The van der Waals surface area contributed by atoms with Crippen LogP contribution in [0, 0.1) is 5.82 Å². The number of likely N-dealkylation sites (tertiary alicyclic amines) is 1. The Morgan fingerprint density at radius 3 is 2.67 bits per heavy atom. The number of hydrogen-bond acceptors (Lipinski definition) is 6. The number of piperidine rings is 1. The van der Waals surface area contributed by atoms with Gasteiger partial charge in [-0.1, -0.05) is 12.5 Å². The van der Waals surface area contributed by atoms with Crippen LogP contribution in [0.5, 0.6) is 5.75 Å². The minimum Gasteiger partial charge on any atom is -0.505 e. The molecule has 1 aliphatic heterocycles. The minimum atomic E-state index is -0.878. The predicted octanol–water partition coefficient (Wildman–Crippen LogP) is 3.53. The number of fused-ring (bicyclic) bond motifs is 1. The molecule has 0 amide bonds. The standard InChI is InChI=1S/C25H28FN3O4/c1-3-33-25(32)21-23(30)22-20(28(2)24(21)31)12-16(14-27-22)11-17-7-8-19(26)13-18(17)15-29-9-5-4-6-10-29/h7-8,12-14,30H,3-6,9-11,15H2,1-2H3. The molecular weight excluding hydrogens is 425 g/mol. The fourth-order valence-corrected chi connectivity index (χ4v) is 4.41. The Bertz CT molecular complexity index is 1250. The summed E-state index contributed by atoms with van der Waals surface area (Å²) < 4.78 is 20.2. The highest BCUT2D eigenvalue weighted by Gasteiger charge is 2.23. The van der Waals surface area contributed by atoms with Crippen molar-refractivity contribution in [3.63, 3.8) is 0 Å². The lowest BCUT2D eigenvalue weighted by atomic mass is 9.99. The molecule has 1 N–H and O–H groups in total. The molecule has 1 aromatic carbocycles. The number of pyridine rings is 2. The summed E-state index contributed by atoms with van der Waals surface area (Å²) in [5.41, 5.74) is 2.22. The molecule has 0 atom stereocenters.